The van der Waals surface area contributed by atoms with Gasteiger partial charge < -0.3 is 9.84 Å². The van der Waals surface area contributed by atoms with E-state index in [0.29, 0.717) is 6.54 Å². The highest BCUT2D eigenvalue weighted by molar-refractivity contribution is 5.97. The van der Waals surface area contributed by atoms with E-state index in [-0.39, 0.29) is 11.2 Å². The van der Waals surface area contributed by atoms with Crippen molar-refractivity contribution in [2.24, 2.45) is 0 Å². The van der Waals surface area contributed by atoms with Crippen LogP contribution in [0.25, 0.3) is 0 Å². The van der Waals surface area contributed by atoms with Crippen LogP contribution in [0.1, 0.15) is 57.6 Å². The molecule has 0 saturated heterocycles. The second kappa shape index (κ2) is 8.23. The average Bonchev–Trinajstić information content (AvgIpc) is 2.84. The summed E-state index contributed by atoms with van der Waals surface area (Å²) < 4.78 is 31.9. The molecule has 0 amide bonds. The van der Waals surface area contributed by atoms with Gasteiger partial charge >= 0.3 is 6.61 Å². The van der Waals surface area contributed by atoms with Gasteiger partial charge in [0, 0.05) is 12.0 Å². The molecule has 0 spiro atoms. The third kappa shape index (κ3) is 4.31. The molecule has 6 heteroatoms. The van der Waals surface area contributed by atoms with Gasteiger partial charge in [0.25, 0.3) is 11.6 Å². The number of rotatable bonds is 4. The average molecular weight is 430 g/mol. The SMILES string of the molecule is CC(C)(C)c1ccc([C@]2(O)C[N+]3=C(CCCCC3)N2c2ccc(OC(F)F)cc2)cc1. The number of aliphatic hydroxyl groups is 1. The predicted molar refractivity (Wildman–Crippen MR) is 118 cm³/mol. The van der Waals surface area contributed by atoms with Gasteiger partial charge in [-0.25, -0.2) is 0 Å². The van der Waals surface area contributed by atoms with Gasteiger partial charge in [-0.15, -0.1) is 0 Å². The zero-order valence-electron chi connectivity index (χ0n) is 18.4. The van der Waals surface area contributed by atoms with Crippen LogP contribution < -0.4 is 9.64 Å². The Morgan fingerprint density at radius 3 is 2.29 bits per heavy atom. The Morgan fingerprint density at radius 1 is 1.00 bits per heavy atom. The topological polar surface area (TPSA) is 35.7 Å². The van der Waals surface area contributed by atoms with E-state index in [2.05, 4.69) is 42.2 Å². The fraction of sp³-hybridized carbons (Fsp3) is 0.480. The van der Waals surface area contributed by atoms with Gasteiger partial charge in [0.05, 0.1) is 6.54 Å². The van der Waals surface area contributed by atoms with Crippen molar-refractivity contribution in [1.82, 2.24) is 0 Å². The van der Waals surface area contributed by atoms with E-state index < -0.39 is 12.3 Å². The van der Waals surface area contributed by atoms with Crippen molar-refractivity contribution in [3.8, 4) is 5.75 Å². The standard InChI is InChI=1S/C25H31F2N2O2/c1-24(2,3)18-8-10-19(11-9-18)25(30)17-28-16-6-4-5-7-22(28)29(25)20-12-14-21(15-13-20)31-23(26)27/h8-15,23,30H,4-7,16-17H2,1-3H3/q+1/t25-/m1/s1. The molecule has 166 valence electrons. The molecule has 0 saturated carbocycles. The molecule has 4 rings (SSSR count). The number of halogens is 2. The van der Waals surface area contributed by atoms with Crippen molar-refractivity contribution in [1.29, 1.82) is 0 Å². The van der Waals surface area contributed by atoms with E-state index in [0.717, 1.165) is 49.3 Å². The third-order valence-electron chi connectivity index (χ3n) is 6.27. The highest BCUT2D eigenvalue weighted by Gasteiger charge is 2.54. The van der Waals surface area contributed by atoms with E-state index in [9.17, 15) is 13.9 Å². The van der Waals surface area contributed by atoms with Crippen molar-refractivity contribution in [3.05, 3.63) is 59.7 Å². The van der Waals surface area contributed by atoms with Crippen LogP contribution in [-0.4, -0.2) is 35.2 Å². The molecule has 2 aliphatic rings. The van der Waals surface area contributed by atoms with Crippen molar-refractivity contribution in [2.45, 2.75) is 64.2 Å². The first-order chi connectivity index (χ1) is 14.7. The highest BCUT2D eigenvalue weighted by atomic mass is 19.3. The minimum Gasteiger partial charge on any atom is -0.435 e. The summed E-state index contributed by atoms with van der Waals surface area (Å²) in [6.45, 7) is 5.03. The van der Waals surface area contributed by atoms with Crippen molar-refractivity contribution in [3.63, 3.8) is 0 Å². The van der Waals surface area contributed by atoms with E-state index >= 15 is 0 Å². The lowest BCUT2D eigenvalue weighted by atomic mass is 9.85. The fourth-order valence-electron chi connectivity index (χ4n) is 4.62. The molecule has 0 aliphatic carbocycles. The zero-order chi connectivity index (χ0) is 22.2. The molecule has 2 aromatic carbocycles. The molecule has 1 atom stereocenters. The summed E-state index contributed by atoms with van der Waals surface area (Å²) in [7, 11) is 0. The Balaban J connectivity index is 1.74. The largest absolute Gasteiger partial charge is 0.435 e. The van der Waals surface area contributed by atoms with Crippen molar-refractivity contribution >= 4 is 11.5 Å². The van der Waals surface area contributed by atoms with Crippen LogP contribution in [0.3, 0.4) is 0 Å². The molecule has 1 N–H and O–H groups in total. The van der Waals surface area contributed by atoms with Crippen LogP contribution >= 0.6 is 0 Å². The van der Waals surface area contributed by atoms with Gasteiger partial charge in [-0.1, -0.05) is 45.0 Å². The number of benzene rings is 2. The minimum atomic E-state index is -2.86. The van der Waals surface area contributed by atoms with Crippen molar-refractivity contribution in [2.75, 3.05) is 18.0 Å². The first-order valence-electron chi connectivity index (χ1n) is 11.0. The Hall–Kier alpha value is -2.47. The molecule has 2 aliphatic heterocycles. The van der Waals surface area contributed by atoms with Crippen LogP contribution in [0, 0.1) is 0 Å². The summed E-state index contributed by atoms with van der Waals surface area (Å²) in [4.78, 5) is 1.98. The molecule has 0 aromatic heterocycles. The van der Waals surface area contributed by atoms with Gasteiger partial charge in [-0.3, -0.25) is 4.58 Å². The van der Waals surface area contributed by atoms with Crippen LogP contribution in [0.4, 0.5) is 14.5 Å². The molecule has 0 bridgehead atoms. The Bertz CT molecular complexity index is 949. The molecule has 0 radical (unpaired) electrons. The maximum absolute atomic E-state index is 12.6. The van der Waals surface area contributed by atoms with E-state index in [1.165, 1.54) is 17.7 Å². The lowest BCUT2D eigenvalue weighted by Crippen LogP contribution is -2.47. The van der Waals surface area contributed by atoms with Gasteiger partial charge in [0.15, 0.2) is 6.54 Å². The molecular weight excluding hydrogens is 398 g/mol. The summed E-state index contributed by atoms with van der Waals surface area (Å²) in [5.41, 5.74) is 1.60. The van der Waals surface area contributed by atoms with Crippen LogP contribution in [0.5, 0.6) is 5.75 Å². The summed E-state index contributed by atoms with van der Waals surface area (Å²) in [5, 5.41) is 12.0. The Labute approximate surface area is 182 Å². The van der Waals surface area contributed by atoms with Gasteiger partial charge in [0.1, 0.15) is 11.4 Å². The maximum Gasteiger partial charge on any atom is 0.387 e. The van der Waals surface area contributed by atoms with Gasteiger partial charge in [-0.2, -0.15) is 13.7 Å². The molecule has 0 fully saturated rings. The summed E-state index contributed by atoms with van der Waals surface area (Å²) in [6.07, 6.45) is 4.19. The number of hydrogen-bond donors (Lipinski definition) is 1. The van der Waals surface area contributed by atoms with Gasteiger partial charge in [0.2, 0.25) is 0 Å². The van der Waals surface area contributed by atoms with Gasteiger partial charge in [-0.05, 0) is 54.5 Å². The molecule has 0 unspecified atom stereocenters. The summed E-state index contributed by atoms with van der Waals surface area (Å²) in [5.74, 6) is 1.20. The normalized spacial score (nSPS) is 22.0. The molecule has 2 aromatic rings. The first kappa shape index (κ1) is 21.8. The van der Waals surface area contributed by atoms with Crippen LogP contribution in [0.15, 0.2) is 48.5 Å². The van der Waals surface area contributed by atoms with E-state index in [1.807, 2.05) is 17.0 Å². The summed E-state index contributed by atoms with van der Waals surface area (Å²) in [6, 6.07) is 14.7. The van der Waals surface area contributed by atoms with Crippen molar-refractivity contribution < 1.29 is 23.2 Å². The third-order valence-corrected chi connectivity index (χ3v) is 6.27. The molecule has 31 heavy (non-hydrogen) atoms. The smallest absolute Gasteiger partial charge is 0.387 e. The van der Waals surface area contributed by atoms with Crippen LogP contribution in [0.2, 0.25) is 0 Å². The first-order valence-corrected chi connectivity index (χ1v) is 11.0. The minimum absolute atomic E-state index is 0.0290. The maximum atomic E-state index is 12.6. The monoisotopic (exact) mass is 429 g/mol. The molecule has 4 nitrogen and oxygen atoms in total. The lowest BCUT2D eigenvalue weighted by Gasteiger charge is -2.30. The lowest BCUT2D eigenvalue weighted by molar-refractivity contribution is -0.534. The fourth-order valence-corrected chi connectivity index (χ4v) is 4.62. The van der Waals surface area contributed by atoms with E-state index in [4.69, 9.17) is 0 Å². The Kier molecular flexibility index (Phi) is 5.77. The number of hydrogen-bond acceptors (Lipinski definition) is 3. The summed E-state index contributed by atoms with van der Waals surface area (Å²) >= 11 is 0. The van der Waals surface area contributed by atoms with E-state index in [1.54, 1.807) is 12.1 Å². The predicted octanol–water partition coefficient (Wildman–Crippen LogP) is 5.24. The zero-order valence-corrected chi connectivity index (χ0v) is 18.4. The molecule has 2 heterocycles. The molecular formula is C25H31F2N2O2+. The Morgan fingerprint density at radius 2 is 1.68 bits per heavy atom. The number of amidine groups is 1. The number of alkyl halides is 2. The number of nitrogens with zero attached hydrogens (tertiary/aromatic N) is 2. The number of ether oxygens (including phenoxy) is 1. The number of anilines is 1. The second-order valence-electron chi connectivity index (χ2n) is 9.50. The highest BCUT2D eigenvalue weighted by Crippen LogP contribution is 2.39. The second-order valence-corrected chi connectivity index (χ2v) is 9.50. The quantitative estimate of drug-likeness (QED) is 0.676. The van der Waals surface area contributed by atoms with Crippen LogP contribution in [-0.2, 0) is 11.1 Å².